The number of carbonyl (C=O) groups is 1. The first-order chi connectivity index (χ1) is 9.19. The van der Waals surface area contributed by atoms with Crippen LogP contribution < -0.4 is 5.43 Å². The lowest BCUT2D eigenvalue weighted by Crippen LogP contribution is -2.09. The Labute approximate surface area is 115 Å². The molecule has 0 atom stereocenters. The summed E-state index contributed by atoms with van der Waals surface area (Å²) in [5, 5.41) is 4.84. The minimum absolute atomic E-state index is 0.186. The second-order valence-corrected chi connectivity index (χ2v) is 4.96. The first-order valence-corrected chi connectivity index (χ1v) is 6.81. The lowest BCUT2D eigenvalue weighted by Gasteiger charge is -2.01. The van der Waals surface area contributed by atoms with Gasteiger partial charge < -0.3 is 4.74 Å². The number of ether oxygens (including phenoxy) is 1. The highest BCUT2D eigenvalue weighted by Crippen LogP contribution is 2.25. The van der Waals surface area contributed by atoms with Gasteiger partial charge in [0.2, 0.25) is 5.13 Å². The van der Waals surface area contributed by atoms with E-state index in [0.29, 0.717) is 17.5 Å². The van der Waals surface area contributed by atoms with E-state index in [4.69, 9.17) is 4.74 Å². The van der Waals surface area contributed by atoms with Gasteiger partial charge in [-0.15, -0.1) is 0 Å². The molecule has 5 nitrogen and oxygen atoms in total. The summed E-state index contributed by atoms with van der Waals surface area (Å²) in [5.41, 5.74) is 4.47. The van der Waals surface area contributed by atoms with Crippen molar-refractivity contribution in [3.05, 3.63) is 24.3 Å². The number of hydrazone groups is 1. The normalized spacial score (nSPS) is 11.6. The smallest absolute Gasteiger partial charge is 0.311 e. The second-order valence-electron chi connectivity index (χ2n) is 3.93. The first-order valence-electron chi connectivity index (χ1n) is 5.99. The number of nitrogens with zero attached hydrogens (tertiary/aromatic N) is 2. The zero-order chi connectivity index (χ0) is 13.7. The van der Waals surface area contributed by atoms with Crippen LogP contribution in [0.2, 0.25) is 0 Å². The van der Waals surface area contributed by atoms with Crippen molar-refractivity contribution in [3.8, 4) is 0 Å². The molecule has 1 aromatic carbocycles. The predicted molar refractivity (Wildman–Crippen MR) is 77.6 cm³/mol. The zero-order valence-electron chi connectivity index (χ0n) is 10.8. The number of carbonyl (C=O) groups excluding carboxylic acids is 1. The Morgan fingerprint density at radius 2 is 2.26 bits per heavy atom. The Kier molecular flexibility index (Phi) is 4.46. The SMILES string of the molecule is CCOC(=O)C/C(C)=N\Nc1nc2ccccc2s1. The third kappa shape index (κ3) is 3.75. The minimum Gasteiger partial charge on any atom is -0.466 e. The maximum atomic E-state index is 11.3. The van der Waals surface area contributed by atoms with Gasteiger partial charge in [0.25, 0.3) is 0 Å². The minimum atomic E-state index is -0.269. The molecule has 6 heteroatoms. The number of fused-ring (bicyclic) bond motifs is 1. The summed E-state index contributed by atoms with van der Waals surface area (Å²) < 4.78 is 5.95. The fourth-order valence-corrected chi connectivity index (χ4v) is 2.33. The van der Waals surface area contributed by atoms with Gasteiger partial charge in [-0.25, -0.2) is 4.98 Å². The van der Waals surface area contributed by atoms with Crippen molar-refractivity contribution in [2.24, 2.45) is 5.10 Å². The molecule has 0 aliphatic heterocycles. The zero-order valence-corrected chi connectivity index (χ0v) is 11.7. The highest BCUT2D eigenvalue weighted by Gasteiger charge is 2.05. The highest BCUT2D eigenvalue weighted by molar-refractivity contribution is 7.22. The van der Waals surface area contributed by atoms with Crippen LogP contribution in [0.25, 0.3) is 10.2 Å². The van der Waals surface area contributed by atoms with E-state index in [1.807, 2.05) is 24.3 Å². The molecule has 0 aliphatic carbocycles. The van der Waals surface area contributed by atoms with E-state index in [-0.39, 0.29) is 12.4 Å². The van der Waals surface area contributed by atoms with E-state index in [2.05, 4.69) is 15.5 Å². The van der Waals surface area contributed by atoms with Gasteiger partial charge in [0.15, 0.2) is 0 Å². The standard InChI is InChI=1S/C13H15N3O2S/c1-3-18-12(17)8-9(2)15-16-13-14-10-6-4-5-7-11(10)19-13/h4-7H,3,8H2,1-2H3,(H,14,16)/b15-9-. The van der Waals surface area contributed by atoms with E-state index < -0.39 is 0 Å². The Balaban J connectivity index is 1.99. The predicted octanol–water partition coefficient (Wildman–Crippen LogP) is 3.04. The van der Waals surface area contributed by atoms with Crippen molar-refractivity contribution in [3.63, 3.8) is 0 Å². The van der Waals surface area contributed by atoms with Gasteiger partial charge in [-0.2, -0.15) is 5.10 Å². The molecule has 2 rings (SSSR count). The summed E-state index contributed by atoms with van der Waals surface area (Å²) in [5.74, 6) is -0.269. The molecule has 0 radical (unpaired) electrons. The van der Waals surface area contributed by atoms with Gasteiger partial charge in [-0.1, -0.05) is 23.5 Å². The van der Waals surface area contributed by atoms with Crippen LogP contribution in [0.5, 0.6) is 0 Å². The van der Waals surface area contributed by atoms with Crippen molar-refractivity contribution >= 4 is 38.4 Å². The second kappa shape index (κ2) is 6.29. The number of nitrogens with one attached hydrogen (secondary N) is 1. The Bertz CT molecular complexity index is 574. The molecule has 0 saturated heterocycles. The van der Waals surface area contributed by atoms with Crippen molar-refractivity contribution in [2.45, 2.75) is 20.3 Å². The first kappa shape index (κ1) is 13.5. The lowest BCUT2D eigenvalue weighted by molar-refractivity contribution is -0.141. The van der Waals surface area contributed by atoms with Crippen LogP contribution in [0.1, 0.15) is 20.3 Å². The van der Waals surface area contributed by atoms with Crippen LogP contribution in [-0.2, 0) is 9.53 Å². The molecule has 0 spiro atoms. The van der Waals surface area contributed by atoms with Crippen LogP contribution in [0.4, 0.5) is 5.13 Å². The van der Waals surface area contributed by atoms with Crippen LogP contribution >= 0.6 is 11.3 Å². The number of para-hydroxylation sites is 1. The molecular weight excluding hydrogens is 262 g/mol. The van der Waals surface area contributed by atoms with Gasteiger partial charge in [0.05, 0.1) is 23.2 Å². The van der Waals surface area contributed by atoms with Crippen molar-refractivity contribution < 1.29 is 9.53 Å². The van der Waals surface area contributed by atoms with Crippen LogP contribution in [0, 0.1) is 0 Å². The number of rotatable bonds is 5. The molecule has 100 valence electrons. The molecule has 0 saturated carbocycles. The van der Waals surface area contributed by atoms with E-state index in [1.165, 1.54) is 11.3 Å². The maximum absolute atomic E-state index is 11.3. The molecule has 0 bridgehead atoms. The number of anilines is 1. The molecule has 0 amide bonds. The van der Waals surface area contributed by atoms with Crippen molar-refractivity contribution in [1.29, 1.82) is 0 Å². The average Bonchev–Trinajstić information content (AvgIpc) is 2.79. The Hall–Kier alpha value is -1.95. The quantitative estimate of drug-likeness (QED) is 0.518. The fraction of sp³-hybridized carbons (Fsp3) is 0.308. The molecule has 2 aromatic rings. The summed E-state index contributed by atoms with van der Waals surface area (Å²) in [4.78, 5) is 15.6. The summed E-state index contributed by atoms with van der Waals surface area (Å²) >= 11 is 1.52. The van der Waals surface area contributed by atoms with E-state index in [1.54, 1.807) is 13.8 Å². The number of benzene rings is 1. The largest absolute Gasteiger partial charge is 0.466 e. The van der Waals surface area contributed by atoms with Gasteiger partial charge in [0, 0.05) is 5.71 Å². The van der Waals surface area contributed by atoms with Crippen LogP contribution in [0.15, 0.2) is 29.4 Å². The summed E-state index contributed by atoms with van der Waals surface area (Å²) in [6.45, 7) is 3.94. The third-order valence-corrected chi connectivity index (χ3v) is 3.28. The molecule has 0 fully saturated rings. The molecule has 1 N–H and O–H groups in total. The van der Waals surface area contributed by atoms with Crippen LogP contribution in [-0.4, -0.2) is 23.3 Å². The molecule has 0 aliphatic rings. The molecule has 1 heterocycles. The summed E-state index contributed by atoms with van der Waals surface area (Å²) in [7, 11) is 0. The Morgan fingerprint density at radius 3 is 3.00 bits per heavy atom. The lowest BCUT2D eigenvalue weighted by atomic mass is 10.3. The molecule has 19 heavy (non-hydrogen) atoms. The number of esters is 1. The monoisotopic (exact) mass is 277 g/mol. The average molecular weight is 277 g/mol. The third-order valence-electron chi connectivity index (χ3n) is 2.34. The number of hydrogen-bond acceptors (Lipinski definition) is 6. The molecular formula is C13H15N3O2S. The van der Waals surface area contributed by atoms with Gasteiger partial charge in [-0.05, 0) is 26.0 Å². The summed E-state index contributed by atoms with van der Waals surface area (Å²) in [6, 6.07) is 7.88. The molecule has 1 aromatic heterocycles. The molecule has 0 unspecified atom stereocenters. The van der Waals surface area contributed by atoms with E-state index in [0.717, 1.165) is 10.2 Å². The number of thiazole rings is 1. The van der Waals surface area contributed by atoms with Gasteiger partial charge in [0.1, 0.15) is 0 Å². The fourth-order valence-electron chi connectivity index (χ4n) is 1.52. The van der Waals surface area contributed by atoms with Crippen LogP contribution in [0.3, 0.4) is 0 Å². The maximum Gasteiger partial charge on any atom is 0.311 e. The number of aromatic nitrogens is 1. The van der Waals surface area contributed by atoms with E-state index >= 15 is 0 Å². The topological polar surface area (TPSA) is 63.6 Å². The van der Waals surface area contributed by atoms with E-state index in [9.17, 15) is 4.79 Å². The highest BCUT2D eigenvalue weighted by atomic mass is 32.1. The Morgan fingerprint density at radius 1 is 1.47 bits per heavy atom. The van der Waals surface area contributed by atoms with Gasteiger partial charge in [-0.3, -0.25) is 10.2 Å². The van der Waals surface area contributed by atoms with Crippen molar-refractivity contribution in [2.75, 3.05) is 12.0 Å². The number of hydrogen-bond donors (Lipinski definition) is 1. The van der Waals surface area contributed by atoms with Gasteiger partial charge >= 0.3 is 5.97 Å². The summed E-state index contributed by atoms with van der Waals surface area (Å²) in [6.07, 6.45) is 0.186. The van der Waals surface area contributed by atoms with Crippen molar-refractivity contribution in [1.82, 2.24) is 4.98 Å².